The van der Waals surface area contributed by atoms with Crippen molar-refractivity contribution < 1.29 is 4.79 Å². The number of hydrogen-bond acceptors (Lipinski definition) is 2. The highest BCUT2D eigenvalue weighted by Crippen LogP contribution is 2.01. The Morgan fingerprint density at radius 3 is 2.73 bits per heavy atom. The van der Waals surface area contributed by atoms with Crippen molar-refractivity contribution in [1.29, 1.82) is 0 Å². The number of nitrogens with one attached hydrogen (secondary N) is 1. The summed E-state index contributed by atoms with van der Waals surface area (Å²) in [5.41, 5.74) is 0. The molecule has 0 amide bonds. The van der Waals surface area contributed by atoms with Gasteiger partial charge < -0.3 is 10.1 Å². The number of rotatable bonds is 7. The lowest BCUT2D eigenvalue weighted by molar-refractivity contribution is -0.107. The maximum atomic E-state index is 9.98. The van der Waals surface area contributed by atoms with E-state index in [1.165, 1.54) is 25.7 Å². The highest BCUT2D eigenvalue weighted by Gasteiger charge is 1.98. The molecule has 0 spiro atoms. The van der Waals surface area contributed by atoms with Crippen molar-refractivity contribution in [2.75, 3.05) is 6.54 Å². The van der Waals surface area contributed by atoms with Crippen LogP contribution >= 0.6 is 0 Å². The van der Waals surface area contributed by atoms with Gasteiger partial charge in [-0.1, -0.05) is 26.2 Å². The van der Waals surface area contributed by atoms with Gasteiger partial charge in [-0.2, -0.15) is 0 Å². The molecule has 0 aromatic carbocycles. The van der Waals surface area contributed by atoms with Gasteiger partial charge in [0.15, 0.2) is 0 Å². The predicted molar refractivity (Wildman–Crippen MR) is 47.7 cm³/mol. The minimum absolute atomic E-state index is 0.492. The van der Waals surface area contributed by atoms with Crippen molar-refractivity contribution in [3.63, 3.8) is 0 Å². The number of carbonyl (C=O) groups is 1. The highest BCUT2D eigenvalue weighted by molar-refractivity contribution is 5.51. The molecule has 0 saturated carbocycles. The summed E-state index contributed by atoms with van der Waals surface area (Å²) in [4.78, 5) is 9.98. The Morgan fingerprint density at radius 1 is 1.45 bits per heavy atom. The van der Waals surface area contributed by atoms with Crippen LogP contribution in [0.2, 0.25) is 0 Å². The van der Waals surface area contributed by atoms with Crippen LogP contribution in [0.3, 0.4) is 0 Å². The lowest BCUT2D eigenvalue weighted by Gasteiger charge is -2.10. The van der Waals surface area contributed by atoms with Gasteiger partial charge >= 0.3 is 0 Å². The van der Waals surface area contributed by atoms with E-state index in [0.717, 1.165) is 6.29 Å². The second kappa shape index (κ2) is 7.73. The van der Waals surface area contributed by atoms with Gasteiger partial charge in [0.2, 0.25) is 0 Å². The van der Waals surface area contributed by atoms with Gasteiger partial charge in [-0.15, -0.1) is 0 Å². The molecule has 1 N–H and O–H groups in total. The van der Waals surface area contributed by atoms with Gasteiger partial charge in [0.25, 0.3) is 0 Å². The molecule has 0 aromatic rings. The lowest BCUT2D eigenvalue weighted by atomic mass is 10.1. The quantitative estimate of drug-likeness (QED) is 0.450. The van der Waals surface area contributed by atoms with Crippen LogP contribution in [-0.4, -0.2) is 18.9 Å². The third-order valence-electron chi connectivity index (χ3n) is 1.79. The normalized spacial score (nSPS) is 12.9. The maximum absolute atomic E-state index is 9.98. The zero-order valence-corrected chi connectivity index (χ0v) is 7.60. The van der Waals surface area contributed by atoms with Crippen molar-refractivity contribution in [1.82, 2.24) is 5.32 Å². The number of unbranched alkanes of at least 4 members (excludes halogenated alkanes) is 2. The van der Waals surface area contributed by atoms with Crippen LogP contribution in [0.15, 0.2) is 0 Å². The van der Waals surface area contributed by atoms with E-state index in [2.05, 4.69) is 19.2 Å². The summed E-state index contributed by atoms with van der Waals surface area (Å²) in [6, 6.07) is 0.492. The molecule has 1 atom stereocenters. The Kier molecular flexibility index (Phi) is 7.47. The van der Waals surface area contributed by atoms with Crippen LogP contribution < -0.4 is 5.32 Å². The molecule has 0 aliphatic heterocycles. The first-order chi connectivity index (χ1) is 5.31. The molecule has 0 aliphatic carbocycles. The van der Waals surface area contributed by atoms with Crippen LogP contribution in [0.1, 0.15) is 39.5 Å². The monoisotopic (exact) mass is 157 g/mol. The molecule has 0 aromatic heterocycles. The first kappa shape index (κ1) is 10.6. The van der Waals surface area contributed by atoms with Gasteiger partial charge in [0, 0.05) is 6.04 Å². The fourth-order valence-electron chi connectivity index (χ4n) is 1.05. The Balaban J connectivity index is 3.08. The standard InChI is InChI=1S/C9H19NO/c1-3-4-5-6-9(2)10-7-8-11/h8-10H,3-7H2,1-2H3. The van der Waals surface area contributed by atoms with E-state index in [-0.39, 0.29) is 0 Å². The SMILES string of the molecule is CCCCCC(C)NCC=O. The Bertz CT molecular complexity index is 93.6. The van der Waals surface area contributed by atoms with Crippen molar-refractivity contribution in [3.8, 4) is 0 Å². The number of hydrogen-bond donors (Lipinski definition) is 1. The zero-order chi connectivity index (χ0) is 8.53. The Labute approximate surface area is 69.4 Å². The van der Waals surface area contributed by atoms with E-state index in [9.17, 15) is 4.79 Å². The van der Waals surface area contributed by atoms with Gasteiger partial charge in [-0.05, 0) is 13.3 Å². The van der Waals surface area contributed by atoms with E-state index in [0.29, 0.717) is 12.6 Å². The first-order valence-electron chi connectivity index (χ1n) is 4.48. The largest absolute Gasteiger partial charge is 0.308 e. The summed E-state index contributed by atoms with van der Waals surface area (Å²) in [6.45, 7) is 4.82. The fraction of sp³-hybridized carbons (Fsp3) is 0.889. The molecule has 1 unspecified atom stereocenters. The molecule has 0 rings (SSSR count). The topological polar surface area (TPSA) is 29.1 Å². The second-order valence-corrected chi connectivity index (χ2v) is 2.97. The van der Waals surface area contributed by atoms with Crippen LogP contribution in [0.4, 0.5) is 0 Å². The zero-order valence-electron chi connectivity index (χ0n) is 7.60. The molecule has 0 aliphatic rings. The van der Waals surface area contributed by atoms with Gasteiger partial charge in [-0.25, -0.2) is 0 Å². The van der Waals surface area contributed by atoms with Crippen LogP contribution in [0.5, 0.6) is 0 Å². The Hall–Kier alpha value is -0.370. The van der Waals surface area contributed by atoms with Crippen molar-refractivity contribution in [3.05, 3.63) is 0 Å². The molecule has 11 heavy (non-hydrogen) atoms. The van der Waals surface area contributed by atoms with Crippen LogP contribution in [0.25, 0.3) is 0 Å². The van der Waals surface area contributed by atoms with Gasteiger partial charge in [-0.3, -0.25) is 0 Å². The van der Waals surface area contributed by atoms with Crippen molar-refractivity contribution in [2.24, 2.45) is 0 Å². The van der Waals surface area contributed by atoms with E-state index < -0.39 is 0 Å². The lowest BCUT2D eigenvalue weighted by Crippen LogP contribution is -2.27. The molecule has 0 bridgehead atoms. The molecule has 66 valence electrons. The predicted octanol–water partition coefficient (Wildman–Crippen LogP) is 1.74. The second-order valence-electron chi connectivity index (χ2n) is 2.97. The smallest absolute Gasteiger partial charge is 0.133 e. The summed E-state index contributed by atoms with van der Waals surface area (Å²) in [5, 5.41) is 3.12. The van der Waals surface area contributed by atoms with E-state index in [4.69, 9.17) is 0 Å². The van der Waals surface area contributed by atoms with E-state index in [1.54, 1.807) is 0 Å². The van der Waals surface area contributed by atoms with Crippen molar-refractivity contribution >= 4 is 6.29 Å². The van der Waals surface area contributed by atoms with Crippen LogP contribution in [0, 0.1) is 0 Å². The number of carbonyl (C=O) groups excluding carboxylic acids is 1. The summed E-state index contributed by atoms with van der Waals surface area (Å²) in [7, 11) is 0. The molecule has 0 fully saturated rings. The van der Waals surface area contributed by atoms with Gasteiger partial charge in [0.05, 0.1) is 6.54 Å². The summed E-state index contributed by atoms with van der Waals surface area (Å²) in [5.74, 6) is 0. The third kappa shape index (κ3) is 7.53. The molecular weight excluding hydrogens is 138 g/mol. The molecule has 0 heterocycles. The minimum Gasteiger partial charge on any atom is -0.308 e. The first-order valence-corrected chi connectivity index (χ1v) is 4.48. The molecule has 2 nitrogen and oxygen atoms in total. The highest BCUT2D eigenvalue weighted by atomic mass is 16.1. The molecular formula is C9H19NO. The molecule has 2 heteroatoms. The average molecular weight is 157 g/mol. The van der Waals surface area contributed by atoms with Crippen molar-refractivity contribution in [2.45, 2.75) is 45.6 Å². The Morgan fingerprint density at radius 2 is 2.18 bits per heavy atom. The summed E-state index contributed by atoms with van der Waals surface area (Å²) < 4.78 is 0. The minimum atomic E-state index is 0.492. The maximum Gasteiger partial charge on any atom is 0.133 e. The number of aldehydes is 1. The summed E-state index contributed by atoms with van der Waals surface area (Å²) >= 11 is 0. The molecule has 0 saturated heterocycles. The summed E-state index contributed by atoms with van der Waals surface area (Å²) in [6.07, 6.45) is 5.93. The third-order valence-corrected chi connectivity index (χ3v) is 1.79. The van der Waals surface area contributed by atoms with Gasteiger partial charge in [0.1, 0.15) is 6.29 Å². The fourth-order valence-corrected chi connectivity index (χ4v) is 1.05. The average Bonchev–Trinajstić information content (AvgIpc) is 2.01. The van der Waals surface area contributed by atoms with E-state index >= 15 is 0 Å². The van der Waals surface area contributed by atoms with E-state index in [1.807, 2.05) is 0 Å². The molecule has 0 radical (unpaired) electrons. The van der Waals surface area contributed by atoms with Crippen LogP contribution in [-0.2, 0) is 4.79 Å².